The van der Waals surface area contributed by atoms with Crippen molar-refractivity contribution in [3.63, 3.8) is 0 Å². The molecule has 0 fully saturated rings. The molecule has 0 radical (unpaired) electrons. The fourth-order valence-electron chi connectivity index (χ4n) is 0.878. The van der Waals surface area contributed by atoms with E-state index >= 15 is 0 Å². The van der Waals surface area contributed by atoms with Gasteiger partial charge in [0.2, 0.25) is 0 Å². The number of thioether (sulfide) groups is 1. The number of hydrogen-bond acceptors (Lipinski definition) is 5. The first-order valence-electron chi connectivity index (χ1n) is 3.80. The van der Waals surface area contributed by atoms with E-state index in [2.05, 4.69) is 15.0 Å². The number of esters is 1. The van der Waals surface area contributed by atoms with Gasteiger partial charge in [-0.05, 0) is 6.92 Å². The van der Waals surface area contributed by atoms with Crippen molar-refractivity contribution in [3.05, 3.63) is 0 Å². The van der Waals surface area contributed by atoms with Crippen LogP contribution in [0.4, 0.5) is 0 Å². The second kappa shape index (κ2) is 4.35. The molecule has 0 bridgehead atoms. The predicted molar refractivity (Wildman–Crippen MR) is 49.4 cm³/mol. The van der Waals surface area contributed by atoms with Crippen molar-refractivity contribution in [2.45, 2.75) is 12.2 Å². The van der Waals surface area contributed by atoms with Crippen molar-refractivity contribution >= 4 is 22.9 Å². The highest BCUT2D eigenvalue weighted by Crippen LogP contribution is 2.20. The Labute approximate surface area is 75.8 Å². The number of carbonyl (C=O) groups is 1. The minimum Gasteiger partial charge on any atom is -0.468 e. The molecule has 0 amide bonds. The fraction of sp³-hybridized carbons (Fsp3) is 0.714. The Morgan fingerprint density at radius 3 is 3.25 bits per heavy atom. The standard InChI is InChI=1S/C7H12N2O2S/c1-3-8-7-9-4-5(12-7)6(10)11-2/h5H,3-4H2,1-2H3,(H,8,9). The van der Waals surface area contributed by atoms with Crippen LogP contribution in [0.15, 0.2) is 4.99 Å². The number of amidine groups is 1. The molecule has 1 N–H and O–H groups in total. The number of hydrogen-bond donors (Lipinski definition) is 1. The number of methoxy groups -OCH3 is 1. The Kier molecular flexibility index (Phi) is 3.40. The minimum atomic E-state index is -0.198. The predicted octanol–water partition coefficient (Wildman–Crippen LogP) is 0.240. The molecule has 1 aliphatic rings. The molecule has 1 aliphatic heterocycles. The highest BCUT2D eigenvalue weighted by Gasteiger charge is 2.26. The van der Waals surface area contributed by atoms with Gasteiger partial charge in [0.05, 0.1) is 13.7 Å². The van der Waals surface area contributed by atoms with E-state index in [1.165, 1.54) is 18.9 Å². The van der Waals surface area contributed by atoms with Gasteiger partial charge in [0, 0.05) is 6.54 Å². The number of aliphatic imine (C=N–C) groups is 1. The lowest BCUT2D eigenvalue weighted by atomic mass is 10.4. The van der Waals surface area contributed by atoms with E-state index in [0.717, 1.165) is 11.7 Å². The molecule has 0 saturated heterocycles. The lowest BCUT2D eigenvalue weighted by Crippen LogP contribution is -2.22. The average Bonchev–Trinajstić information content (AvgIpc) is 2.52. The van der Waals surface area contributed by atoms with Gasteiger partial charge in [-0.2, -0.15) is 0 Å². The van der Waals surface area contributed by atoms with E-state index in [4.69, 9.17) is 0 Å². The molecule has 12 heavy (non-hydrogen) atoms. The Bertz CT molecular complexity index is 206. The molecule has 1 unspecified atom stereocenters. The molecule has 1 rings (SSSR count). The molecule has 0 aromatic carbocycles. The van der Waals surface area contributed by atoms with Crippen LogP contribution in [-0.4, -0.2) is 36.6 Å². The summed E-state index contributed by atoms with van der Waals surface area (Å²) in [5, 5.41) is 3.75. The molecule has 1 atom stereocenters. The molecule has 0 saturated carbocycles. The van der Waals surface area contributed by atoms with E-state index in [0.29, 0.717) is 6.54 Å². The van der Waals surface area contributed by atoms with E-state index in [-0.39, 0.29) is 11.2 Å². The largest absolute Gasteiger partial charge is 0.468 e. The molecule has 1 heterocycles. The van der Waals surface area contributed by atoms with Crippen LogP contribution in [0, 0.1) is 0 Å². The summed E-state index contributed by atoms with van der Waals surface area (Å²) < 4.78 is 4.60. The molecule has 68 valence electrons. The SMILES string of the molecule is CCNC1=NCC(C(=O)OC)S1. The Morgan fingerprint density at radius 2 is 2.67 bits per heavy atom. The molecule has 0 aliphatic carbocycles. The van der Waals surface area contributed by atoms with Gasteiger partial charge in [0.15, 0.2) is 5.17 Å². The molecule has 4 nitrogen and oxygen atoms in total. The van der Waals surface area contributed by atoms with E-state index in [1.807, 2.05) is 6.92 Å². The average molecular weight is 188 g/mol. The first-order valence-corrected chi connectivity index (χ1v) is 4.68. The summed E-state index contributed by atoms with van der Waals surface area (Å²) in [5.74, 6) is -0.198. The van der Waals surface area contributed by atoms with Crippen molar-refractivity contribution in [2.24, 2.45) is 4.99 Å². The van der Waals surface area contributed by atoms with Gasteiger partial charge in [-0.1, -0.05) is 11.8 Å². The first kappa shape index (κ1) is 9.38. The van der Waals surface area contributed by atoms with Gasteiger partial charge in [-0.3, -0.25) is 9.79 Å². The van der Waals surface area contributed by atoms with Crippen molar-refractivity contribution in [1.82, 2.24) is 5.32 Å². The molecule has 0 aromatic heterocycles. The zero-order valence-corrected chi connectivity index (χ0v) is 7.98. The maximum Gasteiger partial charge on any atom is 0.321 e. The van der Waals surface area contributed by atoms with Crippen LogP contribution in [-0.2, 0) is 9.53 Å². The number of nitrogens with zero attached hydrogens (tertiary/aromatic N) is 1. The Hall–Kier alpha value is -0.710. The molecular weight excluding hydrogens is 176 g/mol. The van der Waals surface area contributed by atoms with Gasteiger partial charge in [0.1, 0.15) is 5.25 Å². The quantitative estimate of drug-likeness (QED) is 0.631. The van der Waals surface area contributed by atoms with Crippen LogP contribution in [0.3, 0.4) is 0 Å². The van der Waals surface area contributed by atoms with Gasteiger partial charge in [-0.15, -0.1) is 0 Å². The summed E-state index contributed by atoms with van der Waals surface area (Å²) in [4.78, 5) is 15.2. The highest BCUT2D eigenvalue weighted by molar-refractivity contribution is 8.15. The first-order chi connectivity index (χ1) is 5.77. The normalized spacial score (nSPS) is 21.8. The van der Waals surface area contributed by atoms with Crippen LogP contribution in [0.2, 0.25) is 0 Å². The lowest BCUT2D eigenvalue weighted by Gasteiger charge is -2.04. The van der Waals surface area contributed by atoms with Gasteiger partial charge in [0.25, 0.3) is 0 Å². The van der Waals surface area contributed by atoms with Crippen molar-refractivity contribution < 1.29 is 9.53 Å². The summed E-state index contributed by atoms with van der Waals surface area (Å²) in [6.07, 6.45) is 0. The van der Waals surface area contributed by atoms with E-state index in [1.54, 1.807) is 0 Å². The topological polar surface area (TPSA) is 50.7 Å². The summed E-state index contributed by atoms with van der Waals surface area (Å²) in [7, 11) is 1.40. The molecular formula is C7H12N2O2S. The molecule has 0 spiro atoms. The van der Waals surface area contributed by atoms with Gasteiger partial charge in [-0.25, -0.2) is 0 Å². The Morgan fingerprint density at radius 1 is 1.92 bits per heavy atom. The number of nitrogens with one attached hydrogen (secondary N) is 1. The monoisotopic (exact) mass is 188 g/mol. The van der Waals surface area contributed by atoms with Crippen molar-refractivity contribution in [1.29, 1.82) is 0 Å². The number of ether oxygens (including phenoxy) is 1. The maximum atomic E-state index is 11.0. The van der Waals surface area contributed by atoms with Gasteiger partial charge < -0.3 is 10.1 Å². The minimum absolute atomic E-state index is 0.149. The third-order valence-electron chi connectivity index (χ3n) is 1.45. The van der Waals surface area contributed by atoms with E-state index < -0.39 is 0 Å². The third kappa shape index (κ3) is 2.14. The smallest absolute Gasteiger partial charge is 0.321 e. The fourth-order valence-corrected chi connectivity index (χ4v) is 1.87. The zero-order valence-electron chi connectivity index (χ0n) is 7.16. The summed E-state index contributed by atoms with van der Waals surface area (Å²) in [6, 6.07) is 0. The Balaban J connectivity index is 2.36. The van der Waals surface area contributed by atoms with E-state index in [9.17, 15) is 4.79 Å². The zero-order chi connectivity index (χ0) is 8.97. The second-order valence-electron chi connectivity index (χ2n) is 2.31. The summed E-state index contributed by atoms with van der Waals surface area (Å²) in [5.41, 5.74) is 0. The number of rotatable bonds is 2. The highest BCUT2D eigenvalue weighted by atomic mass is 32.2. The summed E-state index contributed by atoms with van der Waals surface area (Å²) in [6.45, 7) is 3.36. The van der Waals surface area contributed by atoms with Gasteiger partial charge >= 0.3 is 5.97 Å². The maximum absolute atomic E-state index is 11.0. The number of carbonyl (C=O) groups excluding carboxylic acids is 1. The van der Waals surface area contributed by atoms with Crippen molar-refractivity contribution in [3.8, 4) is 0 Å². The van der Waals surface area contributed by atoms with Crippen LogP contribution in [0.25, 0.3) is 0 Å². The van der Waals surface area contributed by atoms with Crippen LogP contribution >= 0.6 is 11.8 Å². The second-order valence-corrected chi connectivity index (χ2v) is 3.50. The molecule has 0 aromatic rings. The van der Waals surface area contributed by atoms with Crippen LogP contribution in [0.1, 0.15) is 6.92 Å². The molecule has 5 heteroatoms. The lowest BCUT2D eigenvalue weighted by molar-refractivity contribution is -0.139. The third-order valence-corrected chi connectivity index (χ3v) is 2.57. The van der Waals surface area contributed by atoms with Crippen LogP contribution in [0.5, 0.6) is 0 Å². The van der Waals surface area contributed by atoms with Crippen molar-refractivity contribution in [2.75, 3.05) is 20.2 Å². The summed E-state index contributed by atoms with van der Waals surface area (Å²) >= 11 is 1.43. The van der Waals surface area contributed by atoms with Crippen LogP contribution < -0.4 is 5.32 Å².